The third-order valence-corrected chi connectivity index (χ3v) is 3.27. The van der Waals surface area contributed by atoms with Crippen LogP contribution in [0.4, 0.5) is 0 Å². The van der Waals surface area contributed by atoms with E-state index in [1.54, 1.807) is 0 Å². The Bertz CT molecular complexity index is 135. The second kappa shape index (κ2) is 4.99. The Kier molecular flexibility index (Phi) is 4.98. The molecule has 1 heteroatoms. The van der Waals surface area contributed by atoms with Crippen LogP contribution in [0.15, 0.2) is 0 Å². The van der Waals surface area contributed by atoms with E-state index in [1.807, 2.05) is 0 Å². The van der Waals surface area contributed by atoms with Crippen LogP contribution in [0.1, 0.15) is 54.4 Å². The van der Waals surface area contributed by atoms with Crippen molar-refractivity contribution >= 4 is 0 Å². The predicted octanol–water partition coefficient (Wildman–Crippen LogP) is 3.54. The van der Waals surface area contributed by atoms with Gasteiger partial charge in [0.15, 0.2) is 0 Å². The normalized spacial score (nSPS) is 17.5. The maximum Gasteiger partial charge on any atom is 0.0125 e. The number of nitrogens with zero attached hydrogens (tertiary/aromatic N) is 1. The highest BCUT2D eigenvalue weighted by Gasteiger charge is 2.26. The molecule has 0 aromatic rings. The highest BCUT2D eigenvalue weighted by molar-refractivity contribution is 4.82. The summed E-state index contributed by atoms with van der Waals surface area (Å²) >= 11 is 0. The van der Waals surface area contributed by atoms with Crippen LogP contribution in [0.25, 0.3) is 0 Å². The summed E-state index contributed by atoms with van der Waals surface area (Å²) in [6, 6.07) is 0.727. The van der Waals surface area contributed by atoms with E-state index in [1.165, 1.54) is 12.8 Å². The van der Waals surface area contributed by atoms with Gasteiger partial charge in [0, 0.05) is 11.6 Å². The second-order valence-electron chi connectivity index (χ2n) is 5.14. The van der Waals surface area contributed by atoms with Gasteiger partial charge in [-0.1, -0.05) is 27.2 Å². The van der Waals surface area contributed by atoms with Gasteiger partial charge < -0.3 is 0 Å². The van der Waals surface area contributed by atoms with Crippen molar-refractivity contribution in [3.63, 3.8) is 0 Å². The van der Waals surface area contributed by atoms with Crippen LogP contribution in [-0.2, 0) is 0 Å². The molecule has 0 saturated heterocycles. The largest absolute Gasteiger partial charge is 0.298 e. The molecular weight excluding hydrogens is 158 g/mol. The molecule has 0 heterocycles. The molecule has 1 nitrogen and oxygen atoms in total. The summed E-state index contributed by atoms with van der Waals surface area (Å²) in [6.45, 7) is 13.8. The van der Waals surface area contributed by atoms with E-state index in [2.05, 4.69) is 53.5 Å². The van der Waals surface area contributed by atoms with Gasteiger partial charge in [-0.2, -0.15) is 0 Å². The van der Waals surface area contributed by atoms with E-state index in [9.17, 15) is 0 Å². The first kappa shape index (κ1) is 13.0. The summed E-state index contributed by atoms with van der Waals surface area (Å²) in [5, 5.41) is 0. The van der Waals surface area contributed by atoms with Crippen LogP contribution in [0.5, 0.6) is 0 Å². The van der Waals surface area contributed by atoms with Crippen molar-refractivity contribution < 1.29 is 0 Å². The van der Waals surface area contributed by atoms with Gasteiger partial charge in [0.05, 0.1) is 0 Å². The fourth-order valence-electron chi connectivity index (χ4n) is 1.83. The molecule has 2 atom stereocenters. The summed E-state index contributed by atoms with van der Waals surface area (Å²) in [7, 11) is 2.25. The molecule has 0 aliphatic rings. The van der Waals surface area contributed by atoms with Crippen LogP contribution in [0.2, 0.25) is 0 Å². The second-order valence-corrected chi connectivity index (χ2v) is 5.14. The topological polar surface area (TPSA) is 3.24 Å². The lowest BCUT2D eigenvalue weighted by Crippen LogP contribution is -2.47. The Morgan fingerprint density at radius 1 is 1.08 bits per heavy atom. The highest BCUT2D eigenvalue weighted by Crippen LogP contribution is 2.23. The van der Waals surface area contributed by atoms with Crippen molar-refractivity contribution in [1.82, 2.24) is 4.90 Å². The molecule has 0 rings (SSSR count). The van der Waals surface area contributed by atoms with E-state index in [4.69, 9.17) is 0 Å². The van der Waals surface area contributed by atoms with Crippen LogP contribution in [0.3, 0.4) is 0 Å². The maximum absolute atomic E-state index is 2.52. The molecular formula is C12H27N. The quantitative estimate of drug-likeness (QED) is 0.647. The number of rotatable bonds is 4. The Morgan fingerprint density at radius 2 is 1.54 bits per heavy atom. The van der Waals surface area contributed by atoms with Crippen LogP contribution in [0, 0.1) is 5.92 Å². The zero-order chi connectivity index (χ0) is 10.6. The van der Waals surface area contributed by atoms with Gasteiger partial charge in [-0.3, -0.25) is 4.90 Å². The monoisotopic (exact) mass is 185 g/mol. The van der Waals surface area contributed by atoms with E-state index < -0.39 is 0 Å². The summed E-state index contributed by atoms with van der Waals surface area (Å²) in [4.78, 5) is 2.52. The number of hydrogen-bond donors (Lipinski definition) is 0. The van der Waals surface area contributed by atoms with Crippen molar-refractivity contribution in [1.29, 1.82) is 0 Å². The average Bonchev–Trinajstić information content (AvgIpc) is 2.03. The maximum atomic E-state index is 2.52. The zero-order valence-electron chi connectivity index (χ0n) is 10.5. The van der Waals surface area contributed by atoms with Crippen LogP contribution in [-0.4, -0.2) is 23.5 Å². The molecule has 0 fully saturated rings. The van der Waals surface area contributed by atoms with Gasteiger partial charge >= 0.3 is 0 Å². The SMILES string of the molecule is CCC(C)[C@@H](CC)N(C)C(C)(C)C. The van der Waals surface area contributed by atoms with E-state index in [-0.39, 0.29) is 0 Å². The van der Waals surface area contributed by atoms with Crippen molar-refractivity contribution in [2.75, 3.05) is 7.05 Å². The van der Waals surface area contributed by atoms with Gasteiger partial charge in [-0.05, 0) is 40.2 Å². The molecule has 0 aromatic heterocycles. The van der Waals surface area contributed by atoms with Gasteiger partial charge in [0.25, 0.3) is 0 Å². The van der Waals surface area contributed by atoms with Crippen LogP contribution < -0.4 is 0 Å². The summed E-state index contributed by atoms with van der Waals surface area (Å²) in [5.74, 6) is 0.800. The Balaban J connectivity index is 4.40. The van der Waals surface area contributed by atoms with Crippen LogP contribution >= 0.6 is 0 Å². The van der Waals surface area contributed by atoms with Crippen molar-refractivity contribution in [2.24, 2.45) is 5.92 Å². The summed E-state index contributed by atoms with van der Waals surface area (Å²) in [5.41, 5.74) is 0.296. The zero-order valence-corrected chi connectivity index (χ0v) is 10.5. The predicted molar refractivity (Wildman–Crippen MR) is 61.1 cm³/mol. The first-order valence-corrected chi connectivity index (χ1v) is 5.57. The fourth-order valence-corrected chi connectivity index (χ4v) is 1.83. The number of hydrogen-bond acceptors (Lipinski definition) is 1. The molecule has 0 aromatic carbocycles. The van der Waals surface area contributed by atoms with Crippen molar-refractivity contribution in [2.45, 2.75) is 66.0 Å². The summed E-state index contributed by atoms with van der Waals surface area (Å²) in [6.07, 6.45) is 2.53. The third-order valence-electron chi connectivity index (χ3n) is 3.27. The molecule has 0 saturated carbocycles. The molecule has 0 radical (unpaired) electrons. The van der Waals surface area contributed by atoms with Gasteiger partial charge in [-0.25, -0.2) is 0 Å². The molecule has 0 N–H and O–H groups in total. The molecule has 0 aliphatic heterocycles. The average molecular weight is 185 g/mol. The minimum atomic E-state index is 0.296. The standard InChI is InChI=1S/C12H27N/c1-8-10(3)11(9-2)13(7)12(4,5)6/h10-11H,8-9H2,1-7H3/t10?,11-/m1/s1. The molecule has 13 heavy (non-hydrogen) atoms. The smallest absolute Gasteiger partial charge is 0.0125 e. The molecule has 0 spiro atoms. The Morgan fingerprint density at radius 3 is 1.77 bits per heavy atom. The summed E-state index contributed by atoms with van der Waals surface area (Å²) < 4.78 is 0. The first-order chi connectivity index (χ1) is 5.84. The van der Waals surface area contributed by atoms with E-state index in [0.717, 1.165) is 12.0 Å². The lowest BCUT2D eigenvalue weighted by molar-refractivity contribution is 0.0787. The minimum Gasteiger partial charge on any atom is -0.298 e. The first-order valence-electron chi connectivity index (χ1n) is 5.57. The van der Waals surface area contributed by atoms with Crippen molar-refractivity contribution in [3.8, 4) is 0 Å². The molecule has 0 bridgehead atoms. The van der Waals surface area contributed by atoms with Gasteiger partial charge in [0.1, 0.15) is 0 Å². The van der Waals surface area contributed by atoms with E-state index >= 15 is 0 Å². The van der Waals surface area contributed by atoms with Gasteiger partial charge in [-0.15, -0.1) is 0 Å². The molecule has 1 unspecified atom stereocenters. The minimum absolute atomic E-state index is 0.296. The van der Waals surface area contributed by atoms with Gasteiger partial charge in [0.2, 0.25) is 0 Å². The lowest BCUT2D eigenvalue weighted by Gasteiger charge is -2.41. The van der Waals surface area contributed by atoms with Crippen molar-refractivity contribution in [3.05, 3.63) is 0 Å². The highest BCUT2D eigenvalue weighted by atomic mass is 15.2. The molecule has 0 aliphatic carbocycles. The third kappa shape index (κ3) is 3.68. The fraction of sp³-hybridized carbons (Fsp3) is 1.00. The molecule has 80 valence electrons. The lowest BCUT2D eigenvalue weighted by atomic mass is 9.92. The Labute approximate surface area is 84.5 Å². The van der Waals surface area contributed by atoms with E-state index in [0.29, 0.717) is 5.54 Å². The Hall–Kier alpha value is -0.0400. The molecule has 0 amide bonds.